The topological polar surface area (TPSA) is 189 Å². The smallest absolute Gasteiger partial charge is 0.328 e. The largest absolute Gasteiger partial charge is 0.491 e. The van der Waals surface area contributed by atoms with Crippen molar-refractivity contribution in [1.29, 1.82) is 0 Å². The van der Waals surface area contributed by atoms with Gasteiger partial charge in [0, 0.05) is 70.5 Å². The van der Waals surface area contributed by atoms with Crippen molar-refractivity contribution in [2.24, 2.45) is 0 Å². The van der Waals surface area contributed by atoms with Gasteiger partial charge < -0.3 is 50.5 Å². The summed E-state index contributed by atoms with van der Waals surface area (Å²) in [6.07, 6.45) is 10.1. The van der Waals surface area contributed by atoms with E-state index in [4.69, 9.17) is 19.7 Å². The van der Waals surface area contributed by atoms with Crippen molar-refractivity contribution in [2.75, 3.05) is 26.3 Å². The Labute approximate surface area is 377 Å². The van der Waals surface area contributed by atoms with E-state index in [9.17, 15) is 19.8 Å². The Hall–Kier alpha value is -5.92. The maximum atomic E-state index is 10.2. The summed E-state index contributed by atoms with van der Waals surface area (Å²) in [5.74, 6) is -0.769. The van der Waals surface area contributed by atoms with Crippen molar-refractivity contribution < 1.29 is 39.5 Å². The van der Waals surface area contributed by atoms with Crippen molar-refractivity contribution in [3.05, 3.63) is 144 Å². The molecule has 64 heavy (non-hydrogen) atoms. The number of hydrogen-bond donors (Lipinski definition) is 8. The number of aliphatic hydroxyl groups is 2. The van der Waals surface area contributed by atoms with Crippen LogP contribution in [0.2, 0.25) is 0 Å². The summed E-state index contributed by atoms with van der Waals surface area (Å²) in [4.78, 5) is 25.7. The molecule has 4 aromatic carbocycles. The van der Waals surface area contributed by atoms with Gasteiger partial charge in [-0.1, -0.05) is 60.7 Å². The molecular weight excluding hydrogens is 809 g/mol. The number of carboxylic acids is 2. The molecule has 0 fully saturated rings. The van der Waals surface area contributed by atoms with Crippen LogP contribution in [0.3, 0.4) is 0 Å². The fraction of sp³-hybridized carbons (Fsp3) is 0.385. The van der Waals surface area contributed by atoms with Crippen molar-refractivity contribution in [1.82, 2.24) is 20.6 Å². The molecule has 344 valence electrons. The van der Waals surface area contributed by atoms with Gasteiger partial charge in [0.2, 0.25) is 0 Å². The van der Waals surface area contributed by atoms with E-state index >= 15 is 0 Å². The maximum Gasteiger partial charge on any atom is 0.328 e. The van der Waals surface area contributed by atoms with Crippen LogP contribution < -0.4 is 20.1 Å². The summed E-state index contributed by atoms with van der Waals surface area (Å²) in [5.41, 5.74) is 7.50. The number of aryl methyl sites for hydroxylation is 4. The summed E-state index contributed by atoms with van der Waals surface area (Å²) in [7, 11) is 0. The van der Waals surface area contributed by atoms with Gasteiger partial charge in [-0.3, -0.25) is 0 Å². The zero-order chi connectivity index (χ0) is 46.5. The molecule has 0 radical (unpaired) electrons. The molecule has 2 atom stereocenters. The summed E-state index contributed by atoms with van der Waals surface area (Å²) in [5, 5.41) is 45.2. The van der Waals surface area contributed by atoms with Gasteiger partial charge in [-0.15, -0.1) is 0 Å². The van der Waals surface area contributed by atoms with Gasteiger partial charge in [0.1, 0.15) is 36.9 Å². The minimum Gasteiger partial charge on any atom is -0.491 e. The Bertz CT molecular complexity index is 2190. The lowest BCUT2D eigenvalue weighted by Crippen LogP contribution is -2.42. The lowest BCUT2D eigenvalue weighted by Gasteiger charge is -2.23. The molecule has 0 saturated heterocycles. The lowest BCUT2D eigenvalue weighted by atomic mass is 10.0. The van der Waals surface area contributed by atoms with E-state index in [2.05, 4.69) is 123 Å². The Morgan fingerprint density at radius 2 is 0.906 bits per heavy atom. The molecule has 0 saturated carbocycles. The summed E-state index contributed by atoms with van der Waals surface area (Å²) in [6, 6.07) is 33.4. The van der Waals surface area contributed by atoms with Crippen LogP contribution >= 0.6 is 0 Å². The van der Waals surface area contributed by atoms with E-state index < -0.39 is 24.1 Å². The average molecular weight is 877 g/mol. The van der Waals surface area contributed by atoms with E-state index in [0.29, 0.717) is 38.5 Å². The number of rotatable bonds is 20. The highest BCUT2D eigenvalue weighted by Crippen LogP contribution is 2.25. The average Bonchev–Trinajstić information content (AvgIpc) is 3.95. The Morgan fingerprint density at radius 3 is 1.28 bits per heavy atom. The number of nitrogens with one attached hydrogen (secondary N) is 4. The van der Waals surface area contributed by atoms with E-state index in [1.54, 1.807) is 0 Å². The zero-order valence-corrected chi connectivity index (χ0v) is 38.2. The molecule has 0 amide bonds. The molecule has 12 nitrogen and oxygen atoms in total. The van der Waals surface area contributed by atoms with Gasteiger partial charge >= 0.3 is 11.9 Å². The molecular formula is C52H68N4O8. The second kappa shape index (κ2) is 25.4. The quantitative estimate of drug-likeness (QED) is 0.0345. The van der Waals surface area contributed by atoms with E-state index in [0.717, 1.165) is 50.0 Å². The number of aromatic amines is 2. The minimum absolute atomic E-state index is 0.0127. The first kappa shape index (κ1) is 50.7. The molecule has 0 spiro atoms. The molecule has 2 heterocycles. The number of aliphatic hydroxyl groups excluding tert-OH is 2. The van der Waals surface area contributed by atoms with Gasteiger partial charge in [0.15, 0.2) is 0 Å². The summed E-state index contributed by atoms with van der Waals surface area (Å²) >= 11 is 0. The number of carboxylic acid groups (broad SMARTS) is 2. The number of para-hydroxylation sites is 2. The van der Waals surface area contributed by atoms with Gasteiger partial charge in [0.25, 0.3) is 0 Å². The molecule has 6 aromatic rings. The molecule has 2 aromatic heterocycles. The third kappa shape index (κ3) is 18.8. The molecule has 12 heteroatoms. The monoisotopic (exact) mass is 877 g/mol. The fourth-order valence-corrected chi connectivity index (χ4v) is 6.86. The third-order valence-electron chi connectivity index (χ3n) is 10.1. The number of benzene rings is 4. The van der Waals surface area contributed by atoms with Crippen LogP contribution in [0.25, 0.3) is 21.8 Å². The Balaban J connectivity index is 0.000000240. The first-order valence-electron chi connectivity index (χ1n) is 22.0. The normalized spacial score (nSPS) is 12.6. The molecule has 0 aliphatic rings. The first-order chi connectivity index (χ1) is 30.5. The van der Waals surface area contributed by atoms with Crippen LogP contribution in [0.1, 0.15) is 76.6 Å². The third-order valence-corrected chi connectivity index (χ3v) is 10.1. The van der Waals surface area contributed by atoms with Gasteiger partial charge in [-0.05, 0) is 139 Å². The number of H-pyrrole nitrogens is 2. The van der Waals surface area contributed by atoms with E-state index in [-0.39, 0.29) is 11.1 Å². The standard InChI is InChI=1S/2C24H32N2O2.C4H4O4/c2*1-24(2,3)26-16-20(27)17-28-23-13-5-4-8-19(23)11-6-9-18-10-7-12-22-21(18)14-15-25-22;5-3(6)1-2-4(7)8/h2*4-5,7-8,10,12-15,20,25-27H,6,9,11,16-17H2,1-3H3;1-2H,(H,5,6)(H,7,8)/b;;2-1+. The van der Waals surface area contributed by atoms with Crippen molar-refractivity contribution >= 4 is 33.7 Å². The second-order valence-corrected chi connectivity index (χ2v) is 17.8. The molecule has 0 bridgehead atoms. The highest BCUT2D eigenvalue weighted by Gasteiger charge is 2.15. The minimum atomic E-state index is -1.26. The summed E-state index contributed by atoms with van der Waals surface area (Å²) < 4.78 is 11.9. The number of β-amino-alcohol motifs (C(OH)–C–C–N with tert-alkyl or cyclic N) is 2. The number of ether oxygens (including phenoxy) is 2. The highest BCUT2D eigenvalue weighted by atomic mass is 16.5. The highest BCUT2D eigenvalue weighted by molar-refractivity contribution is 5.89. The predicted octanol–water partition coefficient (Wildman–Crippen LogP) is 8.65. The van der Waals surface area contributed by atoms with Gasteiger partial charge in [-0.2, -0.15) is 0 Å². The molecule has 8 N–H and O–H groups in total. The lowest BCUT2D eigenvalue weighted by molar-refractivity contribution is -0.134. The van der Waals surface area contributed by atoms with Crippen molar-refractivity contribution in [2.45, 2.75) is 103 Å². The SMILES string of the molecule is CC(C)(C)NCC(O)COc1ccccc1CCCc1cccc2[nH]ccc12.CC(C)(C)NCC(O)COc1ccccc1CCCc1cccc2[nH]ccc12.O=C(O)/C=C/C(=O)O. The number of fused-ring (bicyclic) bond motifs is 2. The van der Waals surface area contributed by atoms with Crippen LogP contribution in [0.4, 0.5) is 0 Å². The molecule has 6 rings (SSSR count). The van der Waals surface area contributed by atoms with Crippen LogP contribution in [-0.4, -0.2) is 91.9 Å². The summed E-state index contributed by atoms with van der Waals surface area (Å²) in [6.45, 7) is 14.2. The number of aromatic nitrogens is 2. The Morgan fingerprint density at radius 1 is 0.547 bits per heavy atom. The van der Waals surface area contributed by atoms with Crippen molar-refractivity contribution in [3.63, 3.8) is 0 Å². The first-order valence-corrected chi connectivity index (χ1v) is 22.0. The van der Waals surface area contributed by atoms with Crippen molar-refractivity contribution in [3.8, 4) is 11.5 Å². The molecule has 2 unspecified atom stereocenters. The van der Waals surface area contributed by atoms with Crippen LogP contribution in [0, 0.1) is 0 Å². The number of carbonyl (C=O) groups is 2. The van der Waals surface area contributed by atoms with Crippen LogP contribution in [0.15, 0.2) is 122 Å². The van der Waals surface area contributed by atoms with Gasteiger partial charge in [-0.25, -0.2) is 9.59 Å². The van der Waals surface area contributed by atoms with Gasteiger partial charge in [0.05, 0.1) is 0 Å². The number of hydrogen-bond acceptors (Lipinski definition) is 8. The molecule has 0 aliphatic heterocycles. The van der Waals surface area contributed by atoms with Crippen LogP contribution in [0.5, 0.6) is 11.5 Å². The van der Waals surface area contributed by atoms with Crippen LogP contribution in [-0.2, 0) is 35.3 Å². The predicted molar refractivity (Wildman–Crippen MR) is 256 cm³/mol. The fourth-order valence-electron chi connectivity index (χ4n) is 6.86. The number of aliphatic carboxylic acids is 2. The Kier molecular flexibility index (Phi) is 20.1. The zero-order valence-electron chi connectivity index (χ0n) is 38.2. The van der Waals surface area contributed by atoms with E-state index in [1.165, 1.54) is 44.1 Å². The molecule has 0 aliphatic carbocycles. The van der Waals surface area contributed by atoms with E-state index in [1.807, 2.05) is 48.8 Å². The second-order valence-electron chi connectivity index (χ2n) is 17.8. The maximum absolute atomic E-state index is 10.2.